The second-order valence-electron chi connectivity index (χ2n) is 5.88. The van der Waals surface area contributed by atoms with Gasteiger partial charge in [0, 0.05) is 13.6 Å². The van der Waals surface area contributed by atoms with Gasteiger partial charge < -0.3 is 20.6 Å². The highest BCUT2D eigenvalue weighted by molar-refractivity contribution is 5.86. The van der Waals surface area contributed by atoms with Crippen LogP contribution in [0.1, 0.15) is 39.0 Å². The Balaban J connectivity index is 2.57. The number of aliphatic carboxylic acids is 1. The first kappa shape index (κ1) is 16.8. The number of carbonyl (C=O) groups is 2. The Morgan fingerprint density at radius 1 is 1.35 bits per heavy atom. The molecule has 0 unspecified atom stereocenters. The normalized spacial score (nSPS) is 26.1. The number of nitrogens with zero attached hydrogens (tertiary/aromatic N) is 1. The van der Waals surface area contributed by atoms with E-state index in [9.17, 15) is 14.7 Å². The van der Waals surface area contributed by atoms with Crippen LogP contribution in [0.25, 0.3) is 0 Å². The van der Waals surface area contributed by atoms with Crippen molar-refractivity contribution in [2.45, 2.75) is 44.6 Å². The maximum absolute atomic E-state index is 12.1. The van der Waals surface area contributed by atoms with Gasteiger partial charge in [-0.2, -0.15) is 0 Å². The number of urea groups is 1. The number of hydrogen-bond acceptors (Lipinski definition) is 3. The van der Waals surface area contributed by atoms with E-state index in [1.54, 1.807) is 11.9 Å². The fourth-order valence-corrected chi connectivity index (χ4v) is 2.54. The summed E-state index contributed by atoms with van der Waals surface area (Å²) in [4.78, 5) is 25.2. The Labute approximate surface area is 120 Å². The van der Waals surface area contributed by atoms with Crippen molar-refractivity contribution in [3.63, 3.8) is 0 Å². The lowest BCUT2D eigenvalue weighted by molar-refractivity contribution is -0.146. The van der Waals surface area contributed by atoms with Gasteiger partial charge in [-0.3, -0.25) is 0 Å². The van der Waals surface area contributed by atoms with E-state index in [1.807, 2.05) is 7.05 Å². The fraction of sp³-hybridized carbons (Fsp3) is 0.857. The van der Waals surface area contributed by atoms with E-state index in [0.717, 1.165) is 25.8 Å². The molecule has 6 nitrogen and oxygen atoms in total. The Kier molecular flexibility index (Phi) is 6.26. The van der Waals surface area contributed by atoms with Crippen LogP contribution < -0.4 is 10.6 Å². The third kappa shape index (κ3) is 4.37. The molecule has 3 N–H and O–H groups in total. The molecular formula is C14H27N3O3. The van der Waals surface area contributed by atoms with Crippen LogP contribution in [-0.4, -0.2) is 54.7 Å². The summed E-state index contributed by atoms with van der Waals surface area (Å²) in [5, 5.41) is 15.2. The Bertz CT molecular complexity index is 339. The van der Waals surface area contributed by atoms with Crippen LogP contribution in [0.2, 0.25) is 0 Å². The van der Waals surface area contributed by atoms with Gasteiger partial charge in [-0.1, -0.05) is 6.92 Å². The van der Waals surface area contributed by atoms with E-state index in [0.29, 0.717) is 25.3 Å². The zero-order valence-electron chi connectivity index (χ0n) is 12.7. The highest BCUT2D eigenvalue weighted by Gasteiger charge is 2.42. The fourth-order valence-electron chi connectivity index (χ4n) is 2.54. The van der Waals surface area contributed by atoms with E-state index in [-0.39, 0.29) is 6.03 Å². The van der Waals surface area contributed by atoms with E-state index in [4.69, 9.17) is 0 Å². The molecule has 0 aromatic heterocycles. The predicted octanol–water partition coefficient (Wildman–Crippen LogP) is 1.27. The van der Waals surface area contributed by atoms with Crippen LogP contribution in [0, 0.1) is 5.92 Å². The number of rotatable bonds is 6. The van der Waals surface area contributed by atoms with Gasteiger partial charge in [0.05, 0.1) is 0 Å². The van der Waals surface area contributed by atoms with Gasteiger partial charge >= 0.3 is 12.0 Å². The Morgan fingerprint density at radius 2 is 1.95 bits per heavy atom. The van der Waals surface area contributed by atoms with Crippen molar-refractivity contribution in [1.29, 1.82) is 0 Å². The van der Waals surface area contributed by atoms with Gasteiger partial charge in [-0.15, -0.1) is 0 Å². The summed E-state index contributed by atoms with van der Waals surface area (Å²) in [5.74, 6) is -0.380. The smallest absolute Gasteiger partial charge is 0.329 e. The number of hydrogen-bond donors (Lipinski definition) is 3. The van der Waals surface area contributed by atoms with Crippen LogP contribution in [0.15, 0.2) is 0 Å². The van der Waals surface area contributed by atoms with Gasteiger partial charge in [0.15, 0.2) is 0 Å². The van der Waals surface area contributed by atoms with Gasteiger partial charge in [-0.05, 0) is 51.6 Å². The second-order valence-corrected chi connectivity index (χ2v) is 5.88. The molecule has 1 saturated carbocycles. The maximum atomic E-state index is 12.1. The first-order valence-electron chi connectivity index (χ1n) is 7.32. The first-order chi connectivity index (χ1) is 9.41. The number of amides is 2. The van der Waals surface area contributed by atoms with Crippen molar-refractivity contribution < 1.29 is 14.7 Å². The molecule has 0 bridgehead atoms. The second kappa shape index (κ2) is 7.47. The van der Waals surface area contributed by atoms with Crippen LogP contribution in [0.3, 0.4) is 0 Å². The third-order valence-electron chi connectivity index (χ3n) is 4.15. The highest BCUT2D eigenvalue weighted by atomic mass is 16.4. The number of carboxylic acid groups (broad SMARTS) is 1. The molecule has 1 aliphatic carbocycles. The quantitative estimate of drug-likeness (QED) is 0.642. The lowest BCUT2D eigenvalue weighted by atomic mass is 9.77. The average Bonchev–Trinajstić information content (AvgIpc) is 2.41. The molecule has 0 aromatic rings. The molecule has 1 aliphatic rings. The topological polar surface area (TPSA) is 81.7 Å². The molecule has 0 aliphatic heterocycles. The molecule has 2 amide bonds. The summed E-state index contributed by atoms with van der Waals surface area (Å²) in [7, 11) is 3.56. The van der Waals surface area contributed by atoms with Crippen molar-refractivity contribution in [1.82, 2.24) is 15.5 Å². The van der Waals surface area contributed by atoms with E-state index in [2.05, 4.69) is 17.6 Å². The summed E-state index contributed by atoms with van der Waals surface area (Å²) in [5.41, 5.74) is -1.08. The Hall–Kier alpha value is -1.30. The molecule has 0 aromatic carbocycles. The maximum Gasteiger partial charge on any atom is 0.329 e. The summed E-state index contributed by atoms with van der Waals surface area (Å²) in [6, 6.07) is -0.293. The van der Waals surface area contributed by atoms with Gasteiger partial charge in [0.1, 0.15) is 5.54 Å². The molecule has 0 saturated heterocycles. The van der Waals surface area contributed by atoms with Crippen LogP contribution in [0.4, 0.5) is 4.79 Å². The summed E-state index contributed by atoms with van der Waals surface area (Å²) in [6.07, 6.45) is 3.56. The van der Waals surface area contributed by atoms with Gasteiger partial charge in [-0.25, -0.2) is 9.59 Å². The van der Waals surface area contributed by atoms with Crippen molar-refractivity contribution in [2.75, 3.05) is 27.2 Å². The molecule has 20 heavy (non-hydrogen) atoms. The zero-order chi connectivity index (χ0) is 15.2. The molecule has 116 valence electrons. The minimum atomic E-state index is -1.08. The van der Waals surface area contributed by atoms with Gasteiger partial charge in [0.2, 0.25) is 0 Å². The molecule has 0 spiro atoms. The molecular weight excluding hydrogens is 258 g/mol. The molecule has 1 fully saturated rings. The predicted molar refractivity (Wildman–Crippen MR) is 77.7 cm³/mol. The minimum absolute atomic E-state index is 0.293. The van der Waals surface area contributed by atoms with E-state index < -0.39 is 11.5 Å². The summed E-state index contributed by atoms with van der Waals surface area (Å²) in [6.45, 7) is 3.56. The summed E-state index contributed by atoms with van der Waals surface area (Å²) < 4.78 is 0. The molecule has 6 heteroatoms. The molecule has 0 atom stereocenters. The lowest BCUT2D eigenvalue weighted by Crippen LogP contribution is -2.58. The van der Waals surface area contributed by atoms with Crippen LogP contribution in [-0.2, 0) is 4.79 Å². The van der Waals surface area contributed by atoms with Crippen LogP contribution in [0.5, 0.6) is 0 Å². The molecule has 0 heterocycles. The largest absolute Gasteiger partial charge is 0.480 e. The first-order valence-corrected chi connectivity index (χ1v) is 7.32. The lowest BCUT2D eigenvalue weighted by Gasteiger charge is -2.37. The third-order valence-corrected chi connectivity index (χ3v) is 4.15. The summed E-state index contributed by atoms with van der Waals surface area (Å²) >= 11 is 0. The highest BCUT2D eigenvalue weighted by Crippen LogP contribution is 2.32. The van der Waals surface area contributed by atoms with Gasteiger partial charge in [0.25, 0.3) is 0 Å². The van der Waals surface area contributed by atoms with E-state index >= 15 is 0 Å². The SMILES string of the molecule is CNCCCN(C)C(=O)NC1(C(=O)O)CCC(C)CC1. The monoisotopic (exact) mass is 285 g/mol. The van der Waals surface area contributed by atoms with Crippen molar-refractivity contribution >= 4 is 12.0 Å². The average molecular weight is 285 g/mol. The minimum Gasteiger partial charge on any atom is -0.480 e. The van der Waals surface area contributed by atoms with E-state index in [1.165, 1.54) is 0 Å². The van der Waals surface area contributed by atoms with Crippen molar-refractivity contribution in [2.24, 2.45) is 5.92 Å². The molecule has 0 radical (unpaired) electrons. The Morgan fingerprint density at radius 3 is 2.45 bits per heavy atom. The number of carboxylic acids is 1. The number of carbonyl (C=O) groups excluding carboxylic acids is 1. The van der Waals surface area contributed by atoms with Crippen molar-refractivity contribution in [3.05, 3.63) is 0 Å². The molecule has 1 rings (SSSR count). The van der Waals surface area contributed by atoms with Crippen LogP contribution >= 0.6 is 0 Å². The van der Waals surface area contributed by atoms with Crippen molar-refractivity contribution in [3.8, 4) is 0 Å². The standard InChI is InChI=1S/C14H27N3O3/c1-11-5-7-14(8-6-11,12(18)19)16-13(20)17(3)10-4-9-15-2/h11,15H,4-10H2,1-3H3,(H,16,20)(H,18,19). The number of nitrogens with one attached hydrogen (secondary N) is 2. The zero-order valence-corrected chi connectivity index (χ0v) is 12.7.